The molecule has 0 aliphatic rings. The lowest BCUT2D eigenvalue weighted by Gasteiger charge is -2.45. The molecule has 14 heavy (non-hydrogen) atoms. The van der Waals surface area contributed by atoms with Gasteiger partial charge in [-0.05, 0) is 36.0 Å². The van der Waals surface area contributed by atoms with Crippen LogP contribution < -0.4 is 0 Å². The summed E-state index contributed by atoms with van der Waals surface area (Å²) < 4.78 is 0. The van der Waals surface area contributed by atoms with E-state index in [1.165, 1.54) is 19.3 Å². The van der Waals surface area contributed by atoms with E-state index in [1.54, 1.807) is 0 Å². The summed E-state index contributed by atoms with van der Waals surface area (Å²) >= 11 is 0. The van der Waals surface area contributed by atoms with E-state index in [9.17, 15) is 0 Å². The van der Waals surface area contributed by atoms with Gasteiger partial charge in [0.25, 0.3) is 0 Å². The van der Waals surface area contributed by atoms with Crippen LogP contribution in [0.15, 0.2) is 0 Å². The van der Waals surface area contributed by atoms with Crippen LogP contribution in [0, 0.1) is 23.2 Å². The minimum atomic E-state index is 0.572. The molecule has 0 aliphatic heterocycles. The Morgan fingerprint density at radius 1 is 0.857 bits per heavy atom. The van der Waals surface area contributed by atoms with Crippen LogP contribution in [-0.4, -0.2) is 0 Å². The van der Waals surface area contributed by atoms with Crippen molar-refractivity contribution in [2.24, 2.45) is 23.2 Å². The topological polar surface area (TPSA) is 0 Å². The smallest absolute Gasteiger partial charge is 0.0249 e. The van der Waals surface area contributed by atoms with Gasteiger partial charge in [-0.3, -0.25) is 0 Å². The Kier molecular flexibility index (Phi) is 5.78. The van der Waals surface area contributed by atoms with Crippen molar-refractivity contribution in [2.45, 2.75) is 67.7 Å². The average Bonchev–Trinajstić information content (AvgIpc) is 2.12. The van der Waals surface area contributed by atoms with Gasteiger partial charge in [-0.15, -0.1) is 0 Å². The first kappa shape index (κ1) is 14.0. The van der Waals surface area contributed by atoms with Crippen LogP contribution in [0.1, 0.15) is 67.7 Å². The number of hydrogen-bond donors (Lipinski definition) is 0. The molecule has 0 saturated carbocycles. The van der Waals surface area contributed by atoms with Crippen molar-refractivity contribution in [3.63, 3.8) is 0 Å². The Balaban J connectivity index is 4.93. The zero-order valence-corrected chi connectivity index (χ0v) is 11.4. The summed E-state index contributed by atoms with van der Waals surface area (Å²) in [5, 5.41) is 0. The fourth-order valence-corrected chi connectivity index (χ4v) is 3.56. The van der Waals surface area contributed by atoms with E-state index in [0.29, 0.717) is 5.41 Å². The molecule has 0 aromatic carbocycles. The van der Waals surface area contributed by atoms with Crippen molar-refractivity contribution in [2.75, 3.05) is 0 Å². The summed E-state index contributed by atoms with van der Waals surface area (Å²) in [7, 11) is 0. The molecule has 0 bridgehead atoms. The van der Waals surface area contributed by atoms with Crippen LogP contribution >= 0.6 is 0 Å². The van der Waals surface area contributed by atoms with E-state index in [-0.39, 0.29) is 0 Å². The Bertz CT molecular complexity index is 140. The molecule has 1 atom stereocenters. The Morgan fingerprint density at radius 2 is 1.29 bits per heavy atom. The van der Waals surface area contributed by atoms with Crippen molar-refractivity contribution < 1.29 is 0 Å². The normalized spacial score (nSPS) is 15.2. The van der Waals surface area contributed by atoms with E-state index in [1.807, 2.05) is 0 Å². The third kappa shape index (κ3) is 2.52. The van der Waals surface area contributed by atoms with Gasteiger partial charge in [-0.2, -0.15) is 0 Å². The van der Waals surface area contributed by atoms with Gasteiger partial charge < -0.3 is 0 Å². The zero-order valence-electron chi connectivity index (χ0n) is 11.4. The number of hydrogen-bond acceptors (Lipinski definition) is 0. The molecule has 1 unspecified atom stereocenters. The van der Waals surface area contributed by atoms with Gasteiger partial charge in [-0.25, -0.2) is 0 Å². The molecule has 0 aromatic heterocycles. The third-order valence-electron chi connectivity index (χ3n) is 4.45. The van der Waals surface area contributed by atoms with Crippen molar-refractivity contribution in [3.8, 4) is 0 Å². The molecule has 0 nitrogen and oxygen atoms in total. The maximum atomic E-state index is 2.40. The van der Waals surface area contributed by atoms with Crippen LogP contribution in [-0.2, 0) is 0 Å². The van der Waals surface area contributed by atoms with Crippen LogP contribution in [0.25, 0.3) is 0 Å². The first-order chi connectivity index (χ1) is 6.46. The molecule has 0 amide bonds. The predicted molar refractivity (Wildman–Crippen MR) is 66.5 cm³/mol. The molecule has 0 spiro atoms. The predicted octanol–water partition coefficient (Wildman–Crippen LogP) is 5.13. The molecule has 0 heteroatoms. The van der Waals surface area contributed by atoms with Crippen LogP contribution in [0.5, 0.6) is 0 Å². The highest BCUT2D eigenvalue weighted by Gasteiger charge is 2.38. The molecule has 0 saturated heterocycles. The molecular formula is C14H30. The lowest BCUT2D eigenvalue weighted by molar-refractivity contribution is 0.0425. The second kappa shape index (κ2) is 5.78. The van der Waals surface area contributed by atoms with Gasteiger partial charge in [0.15, 0.2) is 0 Å². The molecule has 0 radical (unpaired) electrons. The summed E-state index contributed by atoms with van der Waals surface area (Å²) in [6.45, 7) is 16.7. The van der Waals surface area contributed by atoms with Crippen LogP contribution in [0.2, 0.25) is 0 Å². The molecule has 0 N–H and O–H groups in total. The van der Waals surface area contributed by atoms with Crippen LogP contribution in [0.4, 0.5) is 0 Å². The summed E-state index contributed by atoms with van der Waals surface area (Å²) in [6, 6.07) is 0. The first-order valence-corrected chi connectivity index (χ1v) is 6.46. The monoisotopic (exact) mass is 198 g/mol. The van der Waals surface area contributed by atoms with Gasteiger partial charge in [0.2, 0.25) is 0 Å². The van der Waals surface area contributed by atoms with Gasteiger partial charge in [0.1, 0.15) is 0 Å². The van der Waals surface area contributed by atoms with E-state index in [2.05, 4.69) is 48.5 Å². The molecule has 0 fully saturated rings. The molecule has 0 aliphatic carbocycles. The SMILES string of the molecule is CCC(C(C)C)C(CC)(CC)C(C)C. The molecule has 0 heterocycles. The Hall–Kier alpha value is 0. The highest BCUT2D eigenvalue weighted by atomic mass is 14.4. The average molecular weight is 198 g/mol. The van der Waals surface area contributed by atoms with Gasteiger partial charge in [0, 0.05) is 0 Å². The Labute approximate surface area is 91.5 Å². The minimum Gasteiger partial charge on any atom is -0.0651 e. The standard InChI is InChI=1S/C14H30/c1-8-13(11(4)5)14(9-2,10-3)12(6)7/h11-13H,8-10H2,1-7H3. The van der Waals surface area contributed by atoms with E-state index in [4.69, 9.17) is 0 Å². The van der Waals surface area contributed by atoms with Crippen molar-refractivity contribution in [1.82, 2.24) is 0 Å². The van der Waals surface area contributed by atoms with E-state index >= 15 is 0 Å². The van der Waals surface area contributed by atoms with Gasteiger partial charge in [0.05, 0.1) is 0 Å². The lowest BCUT2D eigenvalue weighted by atomic mass is 9.60. The summed E-state index contributed by atoms with van der Waals surface area (Å²) in [5.41, 5.74) is 0.572. The summed E-state index contributed by atoms with van der Waals surface area (Å²) in [6.07, 6.45) is 3.99. The second-order valence-corrected chi connectivity index (χ2v) is 5.35. The zero-order chi connectivity index (χ0) is 11.4. The van der Waals surface area contributed by atoms with Crippen LogP contribution in [0.3, 0.4) is 0 Å². The van der Waals surface area contributed by atoms with Crippen molar-refractivity contribution in [3.05, 3.63) is 0 Å². The number of rotatable bonds is 6. The quantitative estimate of drug-likeness (QED) is 0.555. The maximum absolute atomic E-state index is 2.40. The largest absolute Gasteiger partial charge is 0.0651 e. The van der Waals surface area contributed by atoms with Crippen molar-refractivity contribution in [1.29, 1.82) is 0 Å². The highest BCUT2D eigenvalue weighted by Crippen LogP contribution is 2.47. The molecular weight excluding hydrogens is 168 g/mol. The fraction of sp³-hybridized carbons (Fsp3) is 1.00. The van der Waals surface area contributed by atoms with E-state index in [0.717, 1.165) is 17.8 Å². The second-order valence-electron chi connectivity index (χ2n) is 5.35. The molecule has 86 valence electrons. The van der Waals surface area contributed by atoms with Crippen molar-refractivity contribution >= 4 is 0 Å². The minimum absolute atomic E-state index is 0.572. The van der Waals surface area contributed by atoms with E-state index < -0.39 is 0 Å². The maximum Gasteiger partial charge on any atom is -0.0249 e. The van der Waals surface area contributed by atoms with Gasteiger partial charge in [-0.1, -0.05) is 54.9 Å². The first-order valence-electron chi connectivity index (χ1n) is 6.46. The lowest BCUT2D eigenvalue weighted by Crippen LogP contribution is -2.37. The van der Waals surface area contributed by atoms with Gasteiger partial charge >= 0.3 is 0 Å². The summed E-state index contributed by atoms with van der Waals surface area (Å²) in [4.78, 5) is 0. The molecule has 0 rings (SSSR count). The fourth-order valence-electron chi connectivity index (χ4n) is 3.56. The molecule has 0 aromatic rings. The summed E-state index contributed by atoms with van der Waals surface area (Å²) in [5.74, 6) is 2.52. The third-order valence-corrected chi connectivity index (χ3v) is 4.45. The highest BCUT2D eigenvalue weighted by molar-refractivity contribution is 4.87. The Morgan fingerprint density at radius 3 is 1.36 bits per heavy atom.